The Morgan fingerprint density at radius 2 is 2.31 bits per heavy atom. The number of methoxy groups -OCH3 is 1. The Kier molecular flexibility index (Phi) is 3.62. The maximum absolute atomic E-state index is 5.07. The van der Waals surface area contributed by atoms with Crippen LogP contribution in [0, 0.1) is 6.92 Å². The SMILES string of the molecule is COCC(C)N(C)c1nc(C)ns1. The highest BCUT2D eigenvalue weighted by Crippen LogP contribution is 2.17. The number of aryl methyl sites for hydroxylation is 1. The second kappa shape index (κ2) is 4.53. The normalized spacial score (nSPS) is 12.9. The molecule has 13 heavy (non-hydrogen) atoms. The van der Waals surface area contributed by atoms with Crippen LogP contribution in [0.4, 0.5) is 5.13 Å². The van der Waals surface area contributed by atoms with E-state index in [1.807, 2.05) is 14.0 Å². The van der Waals surface area contributed by atoms with Gasteiger partial charge in [-0.15, -0.1) is 0 Å². The Morgan fingerprint density at radius 1 is 1.62 bits per heavy atom. The Labute approximate surface area is 82.7 Å². The van der Waals surface area contributed by atoms with Crippen molar-refractivity contribution in [3.63, 3.8) is 0 Å². The molecule has 1 heterocycles. The average Bonchev–Trinajstić information content (AvgIpc) is 2.51. The largest absolute Gasteiger partial charge is 0.383 e. The van der Waals surface area contributed by atoms with Gasteiger partial charge >= 0.3 is 0 Å². The number of anilines is 1. The number of hydrogen-bond donors (Lipinski definition) is 0. The van der Waals surface area contributed by atoms with Gasteiger partial charge in [0.25, 0.3) is 0 Å². The van der Waals surface area contributed by atoms with E-state index in [2.05, 4.69) is 21.2 Å². The zero-order chi connectivity index (χ0) is 9.84. The lowest BCUT2D eigenvalue weighted by Crippen LogP contribution is -2.32. The third-order valence-electron chi connectivity index (χ3n) is 1.89. The number of ether oxygens (including phenoxy) is 1. The summed E-state index contributed by atoms with van der Waals surface area (Å²) in [6.07, 6.45) is 0. The summed E-state index contributed by atoms with van der Waals surface area (Å²) in [7, 11) is 3.71. The van der Waals surface area contributed by atoms with Crippen LogP contribution in [0.15, 0.2) is 0 Å². The van der Waals surface area contributed by atoms with Gasteiger partial charge in [-0.05, 0) is 13.8 Å². The number of nitrogens with zero attached hydrogens (tertiary/aromatic N) is 3. The van der Waals surface area contributed by atoms with Crippen LogP contribution in [0.2, 0.25) is 0 Å². The molecule has 0 saturated heterocycles. The molecule has 1 aromatic heterocycles. The van der Waals surface area contributed by atoms with Crippen molar-refractivity contribution in [2.75, 3.05) is 25.7 Å². The van der Waals surface area contributed by atoms with Gasteiger partial charge in [-0.3, -0.25) is 0 Å². The minimum absolute atomic E-state index is 0.331. The third kappa shape index (κ3) is 2.63. The molecule has 0 aliphatic rings. The molecule has 0 spiro atoms. The van der Waals surface area contributed by atoms with Crippen molar-refractivity contribution in [1.82, 2.24) is 9.36 Å². The second-order valence-electron chi connectivity index (χ2n) is 3.04. The monoisotopic (exact) mass is 201 g/mol. The highest BCUT2D eigenvalue weighted by molar-refractivity contribution is 7.09. The molecule has 1 atom stereocenters. The summed E-state index contributed by atoms with van der Waals surface area (Å²) < 4.78 is 9.20. The Morgan fingerprint density at radius 3 is 2.77 bits per heavy atom. The van der Waals surface area contributed by atoms with E-state index in [0.29, 0.717) is 12.6 Å². The van der Waals surface area contributed by atoms with Crippen LogP contribution in [0.5, 0.6) is 0 Å². The molecular formula is C8H15N3OS. The summed E-state index contributed by atoms with van der Waals surface area (Å²) in [6.45, 7) is 4.70. The van der Waals surface area contributed by atoms with E-state index in [1.165, 1.54) is 11.5 Å². The molecule has 0 radical (unpaired) electrons. The highest BCUT2D eigenvalue weighted by Gasteiger charge is 2.12. The zero-order valence-electron chi connectivity index (χ0n) is 8.44. The fourth-order valence-corrected chi connectivity index (χ4v) is 1.71. The van der Waals surface area contributed by atoms with Crippen molar-refractivity contribution in [1.29, 1.82) is 0 Å². The predicted molar refractivity (Wildman–Crippen MR) is 54.4 cm³/mol. The van der Waals surface area contributed by atoms with Gasteiger partial charge in [-0.25, -0.2) is 4.98 Å². The Hall–Kier alpha value is -0.680. The summed E-state index contributed by atoms with van der Waals surface area (Å²) in [5.74, 6) is 0.830. The standard InChI is InChI=1S/C8H15N3OS/c1-6(5-12-4)11(3)8-9-7(2)10-13-8/h6H,5H2,1-4H3. The van der Waals surface area contributed by atoms with Crippen LogP contribution >= 0.6 is 11.5 Å². The second-order valence-corrected chi connectivity index (χ2v) is 3.77. The minimum Gasteiger partial charge on any atom is -0.383 e. The quantitative estimate of drug-likeness (QED) is 0.736. The van der Waals surface area contributed by atoms with E-state index in [1.54, 1.807) is 7.11 Å². The van der Waals surface area contributed by atoms with Gasteiger partial charge in [0.05, 0.1) is 12.6 Å². The molecule has 0 bridgehead atoms. The van der Waals surface area contributed by atoms with Gasteiger partial charge in [-0.1, -0.05) is 0 Å². The van der Waals surface area contributed by atoms with Crippen LogP contribution in [0.1, 0.15) is 12.7 Å². The fourth-order valence-electron chi connectivity index (χ4n) is 0.971. The van der Waals surface area contributed by atoms with E-state index in [-0.39, 0.29) is 0 Å². The van der Waals surface area contributed by atoms with E-state index >= 15 is 0 Å². The molecule has 0 saturated carbocycles. The van der Waals surface area contributed by atoms with Gasteiger partial charge in [-0.2, -0.15) is 4.37 Å². The molecular weight excluding hydrogens is 186 g/mol. The number of aromatic nitrogens is 2. The summed E-state index contributed by atoms with van der Waals surface area (Å²) in [5, 5.41) is 0.946. The maximum Gasteiger partial charge on any atom is 0.205 e. The number of likely N-dealkylation sites (N-methyl/N-ethyl adjacent to an activating group) is 1. The van der Waals surface area contributed by atoms with Gasteiger partial charge in [0.2, 0.25) is 5.13 Å². The highest BCUT2D eigenvalue weighted by atomic mass is 32.1. The summed E-state index contributed by atoms with van der Waals surface area (Å²) >= 11 is 1.42. The first-order valence-electron chi connectivity index (χ1n) is 4.17. The average molecular weight is 201 g/mol. The third-order valence-corrected chi connectivity index (χ3v) is 2.79. The van der Waals surface area contributed by atoms with Crippen LogP contribution in [0.3, 0.4) is 0 Å². The molecule has 0 aromatic carbocycles. The first kappa shape index (κ1) is 10.4. The van der Waals surface area contributed by atoms with Crippen molar-refractivity contribution in [3.8, 4) is 0 Å². The molecule has 0 amide bonds. The number of rotatable bonds is 4. The van der Waals surface area contributed by atoms with Gasteiger partial charge < -0.3 is 9.64 Å². The van der Waals surface area contributed by atoms with E-state index in [9.17, 15) is 0 Å². The van der Waals surface area contributed by atoms with Crippen LogP contribution < -0.4 is 4.90 Å². The van der Waals surface area contributed by atoms with Gasteiger partial charge in [0.1, 0.15) is 5.82 Å². The Balaban J connectivity index is 2.61. The van der Waals surface area contributed by atoms with Gasteiger partial charge in [0.15, 0.2) is 0 Å². The minimum atomic E-state index is 0.331. The van der Waals surface area contributed by atoms with Crippen LogP contribution in [0.25, 0.3) is 0 Å². The van der Waals surface area contributed by atoms with Crippen LogP contribution in [-0.2, 0) is 4.74 Å². The molecule has 0 aliphatic heterocycles. The van der Waals surface area contributed by atoms with E-state index in [0.717, 1.165) is 11.0 Å². The van der Waals surface area contributed by atoms with Gasteiger partial charge in [0, 0.05) is 25.7 Å². The molecule has 1 aromatic rings. The Bertz CT molecular complexity index is 264. The van der Waals surface area contributed by atoms with E-state index < -0.39 is 0 Å². The molecule has 1 rings (SSSR count). The lowest BCUT2D eigenvalue weighted by atomic mass is 10.3. The maximum atomic E-state index is 5.07. The van der Waals surface area contributed by atoms with Crippen molar-refractivity contribution < 1.29 is 4.74 Å². The van der Waals surface area contributed by atoms with Crippen molar-refractivity contribution in [3.05, 3.63) is 5.82 Å². The molecule has 5 heteroatoms. The van der Waals surface area contributed by atoms with Crippen molar-refractivity contribution in [2.45, 2.75) is 19.9 Å². The van der Waals surface area contributed by atoms with Crippen molar-refractivity contribution >= 4 is 16.7 Å². The number of hydrogen-bond acceptors (Lipinski definition) is 5. The summed E-state index contributed by atoms with van der Waals surface area (Å²) in [4.78, 5) is 6.37. The smallest absolute Gasteiger partial charge is 0.205 e. The summed E-state index contributed by atoms with van der Waals surface area (Å²) in [5.41, 5.74) is 0. The molecule has 74 valence electrons. The lowest BCUT2D eigenvalue weighted by Gasteiger charge is -2.22. The molecule has 4 nitrogen and oxygen atoms in total. The lowest BCUT2D eigenvalue weighted by molar-refractivity contribution is 0.183. The first-order chi connectivity index (χ1) is 6.15. The molecule has 0 aliphatic carbocycles. The zero-order valence-corrected chi connectivity index (χ0v) is 9.26. The molecule has 0 N–H and O–H groups in total. The van der Waals surface area contributed by atoms with E-state index in [4.69, 9.17) is 4.74 Å². The topological polar surface area (TPSA) is 38.2 Å². The predicted octanol–water partition coefficient (Wildman–Crippen LogP) is 1.32. The fraction of sp³-hybridized carbons (Fsp3) is 0.750. The van der Waals surface area contributed by atoms with Crippen LogP contribution in [-0.4, -0.2) is 36.2 Å². The molecule has 0 fully saturated rings. The molecule has 1 unspecified atom stereocenters. The van der Waals surface area contributed by atoms with Crippen molar-refractivity contribution in [2.24, 2.45) is 0 Å². The first-order valence-corrected chi connectivity index (χ1v) is 4.94. The summed E-state index contributed by atoms with van der Waals surface area (Å²) in [6, 6.07) is 0.331.